The Kier molecular flexibility index (Phi) is 4.34. The number of rotatable bonds is 5. The van der Waals surface area contributed by atoms with Gasteiger partial charge in [-0.1, -0.05) is 18.2 Å². The third-order valence-electron chi connectivity index (χ3n) is 2.89. The lowest BCUT2D eigenvalue weighted by atomic mass is 10.1. The molecule has 2 N–H and O–H groups in total. The van der Waals surface area contributed by atoms with Crippen LogP contribution in [0.4, 0.5) is 5.69 Å². The Labute approximate surface area is 127 Å². The van der Waals surface area contributed by atoms with Gasteiger partial charge in [0.2, 0.25) is 0 Å². The summed E-state index contributed by atoms with van der Waals surface area (Å²) in [5.41, 5.74) is 0.723. The van der Waals surface area contributed by atoms with E-state index in [9.17, 15) is 13.2 Å². The monoisotopic (exact) mass is 325 g/mol. The maximum Gasteiger partial charge on any atom is 0.307 e. The van der Waals surface area contributed by atoms with E-state index >= 15 is 0 Å². The maximum absolute atomic E-state index is 12.4. The van der Waals surface area contributed by atoms with Crippen LogP contribution in [0.5, 0.6) is 0 Å². The van der Waals surface area contributed by atoms with E-state index in [1.807, 2.05) is 6.92 Å². The minimum atomic E-state index is -3.71. The Morgan fingerprint density at radius 1 is 1.29 bits per heavy atom. The largest absolute Gasteiger partial charge is 0.481 e. The molecule has 1 aromatic heterocycles. The average Bonchev–Trinajstić information content (AvgIpc) is 2.71. The number of carboxylic acid groups (broad SMARTS) is 1. The number of thiophene rings is 1. The van der Waals surface area contributed by atoms with Crippen molar-refractivity contribution in [3.63, 3.8) is 0 Å². The molecular weight excluding hydrogens is 310 g/mol. The van der Waals surface area contributed by atoms with E-state index in [0.29, 0.717) is 16.1 Å². The molecule has 1 heterocycles. The Hall–Kier alpha value is -1.86. The fraction of sp³-hybridized carbons (Fsp3) is 0.214. The smallest absolute Gasteiger partial charge is 0.307 e. The molecule has 0 atom stereocenters. The van der Waals surface area contributed by atoms with Gasteiger partial charge in [0.05, 0.1) is 12.1 Å². The lowest BCUT2D eigenvalue weighted by Crippen LogP contribution is -2.15. The molecule has 2 aromatic rings. The highest BCUT2D eigenvalue weighted by Crippen LogP contribution is 2.27. The predicted octanol–water partition coefficient (Wildman–Crippen LogP) is 2.79. The first-order chi connectivity index (χ1) is 9.79. The summed E-state index contributed by atoms with van der Waals surface area (Å²) in [6.45, 7) is 3.59. The number of hydrogen-bond acceptors (Lipinski definition) is 4. The molecule has 0 radical (unpaired) electrons. The normalized spacial score (nSPS) is 11.3. The summed E-state index contributed by atoms with van der Waals surface area (Å²) in [7, 11) is -3.71. The number of benzene rings is 1. The zero-order valence-electron chi connectivity index (χ0n) is 11.6. The highest BCUT2D eigenvalue weighted by molar-refractivity contribution is 7.93. The van der Waals surface area contributed by atoms with Crippen molar-refractivity contribution < 1.29 is 18.3 Å². The quantitative estimate of drug-likeness (QED) is 0.885. The van der Waals surface area contributed by atoms with Crippen LogP contribution in [0, 0.1) is 13.8 Å². The molecule has 0 aliphatic rings. The summed E-state index contributed by atoms with van der Waals surface area (Å²) in [6.07, 6.45) is -0.236. The van der Waals surface area contributed by atoms with Gasteiger partial charge >= 0.3 is 5.97 Å². The van der Waals surface area contributed by atoms with Gasteiger partial charge in [0.1, 0.15) is 4.90 Å². The van der Waals surface area contributed by atoms with Crippen LogP contribution >= 0.6 is 11.3 Å². The zero-order chi connectivity index (χ0) is 15.6. The van der Waals surface area contributed by atoms with Crippen LogP contribution < -0.4 is 4.72 Å². The van der Waals surface area contributed by atoms with E-state index in [1.165, 1.54) is 11.3 Å². The van der Waals surface area contributed by atoms with Crippen molar-refractivity contribution in [1.29, 1.82) is 0 Å². The third kappa shape index (κ3) is 3.62. The van der Waals surface area contributed by atoms with Gasteiger partial charge in [-0.25, -0.2) is 8.42 Å². The van der Waals surface area contributed by atoms with Crippen LogP contribution in [0.25, 0.3) is 0 Å². The first-order valence-electron chi connectivity index (χ1n) is 6.19. The number of para-hydroxylation sites is 1. The van der Waals surface area contributed by atoms with E-state index in [-0.39, 0.29) is 11.3 Å². The van der Waals surface area contributed by atoms with Crippen molar-refractivity contribution in [3.05, 3.63) is 45.6 Å². The fourth-order valence-corrected chi connectivity index (χ4v) is 4.67. The second kappa shape index (κ2) is 5.87. The number of nitrogens with one attached hydrogen (secondary N) is 1. The minimum absolute atomic E-state index is 0.232. The first-order valence-corrected chi connectivity index (χ1v) is 8.49. The van der Waals surface area contributed by atoms with E-state index in [0.717, 1.165) is 4.88 Å². The van der Waals surface area contributed by atoms with Gasteiger partial charge in [-0.05, 0) is 31.5 Å². The number of carboxylic acids is 1. The molecule has 0 unspecified atom stereocenters. The molecule has 21 heavy (non-hydrogen) atoms. The lowest BCUT2D eigenvalue weighted by molar-refractivity contribution is -0.136. The third-order valence-corrected chi connectivity index (χ3v) is 5.48. The molecule has 1 aromatic carbocycles. The molecule has 0 saturated heterocycles. The molecule has 0 bridgehead atoms. The molecule has 7 heteroatoms. The van der Waals surface area contributed by atoms with E-state index in [2.05, 4.69) is 4.72 Å². The summed E-state index contributed by atoms with van der Waals surface area (Å²) >= 11 is 1.41. The number of sulfonamides is 1. The summed E-state index contributed by atoms with van der Waals surface area (Å²) in [5, 5.41) is 8.88. The molecule has 5 nitrogen and oxygen atoms in total. The molecule has 0 aliphatic carbocycles. The van der Waals surface area contributed by atoms with Crippen molar-refractivity contribution >= 4 is 33.0 Å². The van der Waals surface area contributed by atoms with Crippen molar-refractivity contribution in [2.45, 2.75) is 25.2 Å². The number of carbonyl (C=O) groups is 1. The van der Waals surface area contributed by atoms with Gasteiger partial charge in [-0.3, -0.25) is 9.52 Å². The van der Waals surface area contributed by atoms with Crippen molar-refractivity contribution in [1.82, 2.24) is 0 Å². The molecule has 2 rings (SSSR count). The van der Waals surface area contributed by atoms with Crippen molar-refractivity contribution in [2.75, 3.05) is 4.72 Å². The van der Waals surface area contributed by atoms with Gasteiger partial charge in [0.15, 0.2) is 0 Å². The van der Waals surface area contributed by atoms with Gasteiger partial charge < -0.3 is 5.11 Å². The summed E-state index contributed by atoms with van der Waals surface area (Å²) in [6, 6.07) is 8.11. The van der Waals surface area contributed by atoms with E-state index < -0.39 is 16.0 Å². The number of anilines is 1. The van der Waals surface area contributed by atoms with Crippen LogP contribution in [0.15, 0.2) is 35.2 Å². The first kappa shape index (κ1) is 15.5. The summed E-state index contributed by atoms with van der Waals surface area (Å²) < 4.78 is 27.3. The minimum Gasteiger partial charge on any atom is -0.481 e. The standard InChI is InChI=1S/C14H15NO4S2/c1-9-7-13(10(2)20-9)21(18,19)15-12-6-4-3-5-11(12)8-14(16)17/h3-7,15H,8H2,1-2H3,(H,16,17). The Balaban J connectivity index is 2.37. The molecule has 112 valence electrons. The van der Waals surface area contributed by atoms with Crippen LogP contribution in [-0.4, -0.2) is 19.5 Å². The second-order valence-corrected chi connectivity index (χ2v) is 7.72. The van der Waals surface area contributed by atoms with E-state index in [1.54, 1.807) is 37.3 Å². The Morgan fingerprint density at radius 3 is 2.52 bits per heavy atom. The molecule has 0 fully saturated rings. The Bertz CT molecular complexity index is 778. The van der Waals surface area contributed by atoms with Crippen LogP contribution in [0.2, 0.25) is 0 Å². The van der Waals surface area contributed by atoms with Gasteiger partial charge in [-0.15, -0.1) is 11.3 Å². The molecule has 0 saturated carbocycles. The van der Waals surface area contributed by atoms with Gasteiger partial charge in [0, 0.05) is 9.75 Å². The van der Waals surface area contributed by atoms with Gasteiger partial charge in [-0.2, -0.15) is 0 Å². The van der Waals surface area contributed by atoms with E-state index in [4.69, 9.17) is 5.11 Å². The highest BCUT2D eigenvalue weighted by Gasteiger charge is 2.20. The summed E-state index contributed by atoms with van der Waals surface area (Å²) in [5.74, 6) is -1.01. The zero-order valence-corrected chi connectivity index (χ0v) is 13.2. The van der Waals surface area contributed by atoms with Gasteiger partial charge in [0.25, 0.3) is 10.0 Å². The Morgan fingerprint density at radius 2 is 1.95 bits per heavy atom. The molecular formula is C14H15NO4S2. The predicted molar refractivity (Wildman–Crippen MR) is 82.4 cm³/mol. The van der Waals surface area contributed by atoms with Crippen LogP contribution in [-0.2, 0) is 21.2 Å². The summed E-state index contributed by atoms with van der Waals surface area (Å²) in [4.78, 5) is 12.7. The SMILES string of the molecule is Cc1cc(S(=O)(=O)Nc2ccccc2CC(=O)O)c(C)s1. The molecule has 0 amide bonds. The van der Waals surface area contributed by atoms with Crippen molar-refractivity contribution in [2.24, 2.45) is 0 Å². The number of hydrogen-bond donors (Lipinski definition) is 2. The molecule has 0 aliphatic heterocycles. The van der Waals surface area contributed by atoms with Crippen molar-refractivity contribution in [3.8, 4) is 0 Å². The second-order valence-electron chi connectivity index (χ2n) is 4.61. The lowest BCUT2D eigenvalue weighted by Gasteiger charge is -2.11. The topological polar surface area (TPSA) is 83.5 Å². The van der Waals surface area contributed by atoms with Crippen LogP contribution in [0.1, 0.15) is 15.3 Å². The number of aryl methyl sites for hydroxylation is 2. The number of aliphatic carboxylic acids is 1. The molecule has 0 spiro atoms. The maximum atomic E-state index is 12.4. The average molecular weight is 325 g/mol. The fourth-order valence-electron chi connectivity index (χ4n) is 2.01. The highest BCUT2D eigenvalue weighted by atomic mass is 32.2. The van der Waals surface area contributed by atoms with Crippen LogP contribution in [0.3, 0.4) is 0 Å².